The van der Waals surface area contributed by atoms with E-state index >= 15 is 0 Å². The van der Waals surface area contributed by atoms with Crippen molar-refractivity contribution in [1.82, 2.24) is 0 Å². The Balaban J connectivity index is 0.00000120. The average Bonchev–Trinajstić information content (AvgIpc) is 2.73. The molecule has 0 amide bonds. The number of carbonyl (C=O) groups excluding carboxylic acids is 1. The molecule has 0 aromatic heterocycles. The number of carboxylic acid groups (broad SMARTS) is 1. The van der Waals surface area contributed by atoms with E-state index in [4.69, 9.17) is 14.2 Å². The van der Waals surface area contributed by atoms with Gasteiger partial charge in [-0.1, -0.05) is 0 Å². The fraction of sp³-hybridized carbons (Fsp3) is 0.417. The van der Waals surface area contributed by atoms with Crippen LogP contribution in [-0.4, -0.2) is 19.4 Å². The molecule has 0 saturated heterocycles. The summed E-state index contributed by atoms with van der Waals surface area (Å²) >= 11 is 0. The Morgan fingerprint density at radius 1 is 1.33 bits per heavy atom. The van der Waals surface area contributed by atoms with Crippen LogP contribution in [0.3, 0.4) is 0 Å². The first kappa shape index (κ1) is 13.7. The molecular weight excluding hydrogens is 247 g/mol. The monoisotopic (exact) mass is 258 g/mol. The normalized spacial score (nSPS) is 19.9. The van der Waals surface area contributed by atoms with Gasteiger partial charge in [-0.15, -0.1) is 0 Å². The molecule has 1 unspecified atom stereocenters. The Kier molecular flexibility index (Phi) is 4.17. The van der Waals surface area contributed by atoms with E-state index in [0.29, 0.717) is 12.4 Å². The van der Waals surface area contributed by atoms with E-state index in [2.05, 4.69) is 0 Å². The Bertz CT molecular complexity index is 474. The minimum absolute atomic E-state index is 0. The van der Waals surface area contributed by atoms with Crippen molar-refractivity contribution in [3.8, 4) is 11.5 Å². The molecule has 0 aliphatic carbocycles. The fourth-order valence-corrected chi connectivity index (χ4v) is 2.24. The first-order valence-electron chi connectivity index (χ1n) is 5.48. The third-order valence-corrected chi connectivity index (χ3v) is 3.02. The van der Waals surface area contributed by atoms with Crippen LogP contribution in [0.25, 0.3) is 0 Å². The second kappa shape index (κ2) is 5.48. The van der Waals surface area contributed by atoms with E-state index < -0.39 is 12.1 Å². The van der Waals surface area contributed by atoms with Gasteiger partial charge in [0.2, 0.25) is 6.79 Å². The van der Waals surface area contributed by atoms with Crippen molar-refractivity contribution in [3.63, 3.8) is 0 Å². The van der Waals surface area contributed by atoms with Gasteiger partial charge in [-0.05, 0) is 29.7 Å². The molecule has 0 bridgehead atoms. The number of fused-ring (bicyclic) bond motifs is 2. The van der Waals surface area contributed by atoms with Crippen LogP contribution in [0.4, 0.5) is 0 Å². The van der Waals surface area contributed by atoms with E-state index in [1.165, 1.54) is 0 Å². The Morgan fingerprint density at radius 3 is 2.78 bits per heavy atom. The van der Waals surface area contributed by atoms with Gasteiger partial charge in [0.1, 0.15) is 0 Å². The van der Waals surface area contributed by atoms with Crippen molar-refractivity contribution >= 4 is 5.97 Å². The molecule has 0 saturated carbocycles. The summed E-state index contributed by atoms with van der Waals surface area (Å²) in [5.74, 6) is 0.260. The van der Waals surface area contributed by atoms with Gasteiger partial charge < -0.3 is 24.1 Å². The van der Waals surface area contributed by atoms with E-state index in [1.54, 1.807) is 0 Å². The second-order valence-electron chi connectivity index (χ2n) is 4.09. The minimum atomic E-state index is -1.11. The maximum absolute atomic E-state index is 10.7. The third kappa shape index (κ3) is 2.49. The number of carboxylic acids is 1. The van der Waals surface area contributed by atoms with Crippen molar-refractivity contribution < 1.29 is 53.7 Å². The van der Waals surface area contributed by atoms with Gasteiger partial charge in [0, 0.05) is 12.4 Å². The molecule has 3 rings (SSSR count). The average molecular weight is 258 g/mol. The predicted molar refractivity (Wildman–Crippen MR) is 54.6 cm³/mol. The molecule has 0 fully saturated rings. The quantitative estimate of drug-likeness (QED) is 0.535. The van der Waals surface area contributed by atoms with Crippen molar-refractivity contribution in [1.29, 1.82) is 0 Å². The van der Waals surface area contributed by atoms with Gasteiger partial charge in [-0.25, -0.2) is 0 Å². The summed E-state index contributed by atoms with van der Waals surface area (Å²) in [5, 5.41) is 10.7. The molecule has 90 valence electrons. The van der Waals surface area contributed by atoms with Crippen LogP contribution in [0.15, 0.2) is 12.1 Å². The number of aliphatic carboxylic acids is 1. The summed E-state index contributed by atoms with van der Waals surface area (Å²) in [6.45, 7) is 0.731. The molecule has 1 aromatic carbocycles. The molecule has 2 heterocycles. The molecule has 1 atom stereocenters. The van der Waals surface area contributed by atoms with Crippen LogP contribution in [-0.2, 0) is 16.0 Å². The van der Waals surface area contributed by atoms with Crippen molar-refractivity contribution in [2.45, 2.75) is 18.9 Å². The summed E-state index contributed by atoms with van der Waals surface area (Å²) in [6.07, 6.45) is 0.181. The number of hydrogen-bond acceptors (Lipinski definition) is 5. The SMILES string of the molecule is O=C([O-])CC1OCCc2cc3c(cc21)OCO3.[Na+]. The molecule has 5 nitrogen and oxygen atoms in total. The first-order valence-corrected chi connectivity index (χ1v) is 5.48. The zero-order chi connectivity index (χ0) is 11.8. The molecular formula is C12H11NaO5. The Morgan fingerprint density at radius 2 is 2.06 bits per heavy atom. The van der Waals surface area contributed by atoms with Gasteiger partial charge in [0.05, 0.1) is 12.7 Å². The molecule has 1 aromatic rings. The minimum Gasteiger partial charge on any atom is -0.550 e. The number of hydrogen-bond donors (Lipinski definition) is 0. The van der Waals surface area contributed by atoms with E-state index in [1.807, 2.05) is 12.1 Å². The van der Waals surface area contributed by atoms with Gasteiger partial charge >= 0.3 is 29.6 Å². The smallest absolute Gasteiger partial charge is 0.550 e. The number of carbonyl (C=O) groups is 1. The molecule has 2 aliphatic heterocycles. The van der Waals surface area contributed by atoms with Crippen LogP contribution in [0.2, 0.25) is 0 Å². The zero-order valence-corrected chi connectivity index (χ0v) is 12.1. The van der Waals surface area contributed by atoms with Crippen LogP contribution < -0.4 is 44.1 Å². The summed E-state index contributed by atoms with van der Waals surface area (Å²) < 4.78 is 16.0. The summed E-state index contributed by atoms with van der Waals surface area (Å²) in [4.78, 5) is 10.7. The topological polar surface area (TPSA) is 67.8 Å². The van der Waals surface area contributed by atoms with Crippen LogP contribution in [0.5, 0.6) is 11.5 Å². The summed E-state index contributed by atoms with van der Waals surface area (Å²) in [6, 6.07) is 3.72. The first-order chi connectivity index (χ1) is 8.24. The van der Waals surface area contributed by atoms with E-state index in [0.717, 1.165) is 23.3 Å². The zero-order valence-electron chi connectivity index (χ0n) is 10.1. The third-order valence-electron chi connectivity index (χ3n) is 3.02. The van der Waals surface area contributed by atoms with Crippen molar-refractivity contribution in [3.05, 3.63) is 23.3 Å². The van der Waals surface area contributed by atoms with Crippen molar-refractivity contribution in [2.75, 3.05) is 13.4 Å². The fourth-order valence-electron chi connectivity index (χ4n) is 2.24. The Labute approximate surface area is 126 Å². The maximum Gasteiger partial charge on any atom is 1.00 e. The molecule has 2 aliphatic rings. The predicted octanol–water partition coefficient (Wildman–Crippen LogP) is -2.83. The van der Waals surface area contributed by atoms with Gasteiger partial charge in [-0.3, -0.25) is 0 Å². The maximum atomic E-state index is 10.7. The molecule has 0 N–H and O–H groups in total. The molecule has 18 heavy (non-hydrogen) atoms. The second-order valence-corrected chi connectivity index (χ2v) is 4.09. The number of ether oxygens (including phenoxy) is 3. The molecule has 0 spiro atoms. The molecule has 0 radical (unpaired) electrons. The Hall–Kier alpha value is -0.750. The van der Waals surface area contributed by atoms with E-state index in [-0.39, 0.29) is 42.8 Å². The summed E-state index contributed by atoms with van der Waals surface area (Å²) in [5.41, 5.74) is 1.93. The van der Waals surface area contributed by atoms with Crippen LogP contribution in [0.1, 0.15) is 23.7 Å². The van der Waals surface area contributed by atoms with Gasteiger partial charge in [-0.2, -0.15) is 0 Å². The van der Waals surface area contributed by atoms with Crippen LogP contribution in [0, 0.1) is 0 Å². The standard InChI is InChI=1S/C12H12O5.Na/c13-12(14)5-9-8-4-11-10(16-6-17-11)3-7(8)1-2-15-9;/h3-4,9H,1-2,5-6H2,(H,13,14);/q;+1/p-1. The van der Waals surface area contributed by atoms with Gasteiger partial charge in [0.25, 0.3) is 0 Å². The van der Waals surface area contributed by atoms with Crippen molar-refractivity contribution in [2.24, 2.45) is 0 Å². The van der Waals surface area contributed by atoms with Gasteiger partial charge in [0.15, 0.2) is 11.5 Å². The number of benzene rings is 1. The summed E-state index contributed by atoms with van der Waals surface area (Å²) in [7, 11) is 0. The van der Waals surface area contributed by atoms with E-state index in [9.17, 15) is 9.90 Å². The molecule has 6 heteroatoms. The largest absolute Gasteiger partial charge is 1.00 e. The number of rotatable bonds is 2. The van der Waals surface area contributed by atoms with Crippen LogP contribution >= 0.6 is 0 Å².